The first-order chi connectivity index (χ1) is 10.1. The quantitative estimate of drug-likeness (QED) is 0.705. The van der Waals surface area contributed by atoms with Crippen LogP contribution in [0.3, 0.4) is 0 Å². The van der Waals surface area contributed by atoms with Crippen LogP contribution in [0.1, 0.15) is 30.5 Å². The van der Waals surface area contributed by atoms with Crippen molar-refractivity contribution in [3.63, 3.8) is 0 Å². The fourth-order valence-corrected chi connectivity index (χ4v) is 2.96. The molecule has 0 radical (unpaired) electrons. The fraction of sp³-hybridized carbons (Fsp3) is 0.294. The summed E-state index contributed by atoms with van der Waals surface area (Å²) in [5.41, 5.74) is 1.98. The third kappa shape index (κ3) is 4.53. The van der Waals surface area contributed by atoms with Gasteiger partial charge in [0.15, 0.2) is 0 Å². The summed E-state index contributed by atoms with van der Waals surface area (Å²) in [6.07, 6.45) is 1.72. The Bertz CT molecular complexity index is 603. The van der Waals surface area contributed by atoms with Crippen molar-refractivity contribution < 1.29 is 4.39 Å². The molecular weight excluding hydrogens is 353 g/mol. The van der Waals surface area contributed by atoms with Crippen LogP contribution in [0.4, 0.5) is 4.39 Å². The Morgan fingerprint density at radius 3 is 2.71 bits per heavy atom. The number of nitrogens with one attached hydrogen (secondary N) is 1. The van der Waals surface area contributed by atoms with E-state index in [0.29, 0.717) is 6.42 Å². The lowest BCUT2D eigenvalue weighted by molar-refractivity contribution is 0.526. The van der Waals surface area contributed by atoms with Crippen LogP contribution in [0.15, 0.2) is 46.9 Å². The maximum absolute atomic E-state index is 13.5. The second kappa shape index (κ2) is 7.92. The minimum Gasteiger partial charge on any atom is -0.310 e. The lowest BCUT2D eigenvalue weighted by atomic mass is 9.98. The highest BCUT2D eigenvalue weighted by Gasteiger charge is 2.16. The van der Waals surface area contributed by atoms with Gasteiger partial charge in [0.05, 0.1) is 0 Å². The van der Waals surface area contributed by atoms with E-state index in [2.05, 4.69) is 28.2 Å². The van der Waals surface area contributed by atoms with E-state index in [1.165, 1.54) is 6.07 Å². The lowest BCUT2D eigenvalue weighted by Crippen LogP contribution is -2.24. The molecule has 0 bridgehead atoms. The van der Waals surface area contributed by atoms with E-state index in [1.54, 1.807) is 12.1 Å². The van der Waals surface area contributed by atoms with Gasteiger partial charge < -0.3 is 5.32 Å². The van der Waals surface area contributed by atoms with Gasteiger partial charge in [-0.3, -0.25) is 0 Å². The molecule has 0 spiro atoms. The predicted molar refractivity (Wildman–Crippen MR) is 90.3 cm³/mol. The maximum atomic E-state index is 13.5. The van der Waals surface area contributed by atoms with Crippen molar-refractivity contribution in [3.8, 4) is 0 Å². The Labute approximate surface area is 138 Å². The van der Waals surface area contributed by atoms with Crippen LogP contribution in [-0.2, 0) is 6.42 Å². The van der Waals surface area contributed by atoms with E-state index in [4.69, 9.17) is 11.6 Å². The molecule has 2 rings (SSSR count). The van der Waals surface area contributed by atoms with Crippen molar-refractivity contribution in [1.82, 2.24) is 5.32 Å². The number of hydrogen-bond donors (Lipinski definition) is 1. The van der Waals surface area contributed by atoms with E-state index >= 15 is 0 Å². The van der Waals surface area contributed by atoms with Crippen LogP contribution < -0.4 is 5.32 Å². The normalized spacial score (nSPS) is 12.4. The second-order valence-electron chi connectivity index (χ2n) is 4.97. The molecule has 0 saturated carbocycles. The summed E-state index contributed by atoms with van der Waals surface area (Å²) >= 11 is 9.80. The largest absolute Gasteiger partial charge is 0.310 e. The highest BCUT2D eigenvalue weighted by molar-refractivity contribution is 9.10. The number of hydrogen-bond acceptors (Lipinski definition) is 1. The van der Waals surface area contributed by atoms with Gasteiger partial charge in [-0.2, -0.15) is 0 Å². The van der Waals surface area contributed by atoms with Crippen LogP contribution >= 0.6 is 27.5 Å². The van der Waals surface area contributed by atoms with Crippen molar-refractivity contribution in [3.05, 3.63) is 68.9 Å². The van der Waals surface area contributed by atoms with Crippen LogP contribution in [0.2, 0.25) is 5.02 Å². The van der Waals surface area contributed by atoms with Gasteiger partial charge in [-0.1, -0.05) is 52.7 Å². The SMILES string of the molecule is CCCNC(Cc1cc(F)ccc1Br)c1ccccc1Cl. The van der Waals surface area contributed by atoms with E-state index in [9.17, 15) is 4.39 Å². The van der Waals surface area contributed by atoms with Crippen molar-refractivity contribution in [1.29, 1.82) is 0 Å². The van der Waals surface area contributed by atoms with E-state index in [1.807, 2.05) is 24.3 Å². The second-order valence-corrected chi connectivity index (χ2v) is 6.23. The first-order valence-corrected chi connectivity index (χ1v) is 8.20. The Kier molecular flexibility index (Phi) is 6.22. The van der Waals surface area contributed by atoms with Crippen LogP contribution in [0.25, 0.3) is 0 Å². The van der Waals surface area contributed by atoms with Gasteiger partial charge >= 0.3 is 0 Å². The minimum absolute atomic E-state index is 0.0664. The molecule has 1 unspecified atom stereocenters. The number of benzene rings is 2. The third-order valence-corrected chi connectivity index (χ3v) is 4.47. The topological polar surface area (TPSA) is 12.0 Å². The third-order valence-electron chi connectivity index (χ3n) is 3.35. The summed E-state index contributed by atoms with van der Waals surface area (Å²) in [4.78, 5) is 0. The van der Waals surface area contributed by atoms with Crippen LogP contribution in [0.5, 0.6) is 0 Å². The Balaban J connectivity index is 2.28. The van der Waals surface area contributed by atoms with Crippen molar-refractivity contribution in [2.24, 2.45) is 0 Å². The van der Waals surface area contributed by atoms with Gasteiger partial charge in [0.2, 0.25) is 0 Å². The van der Waals surface area contributed by atoms with Gasteiger partial charge in [-0.05, 0) is 54.8 Å². The molecule has 0 aliphatic heterocycles. The summed E-state index contributed by atoms with van der Waals surface area (Å²) in [5.74, 6) is -0.221. The molecule has 2 aromatic carbocycles. The molecule has 4 heteroatoms. The highest BCUT2D eigenvalue weighted by Crippen LogP contribution is 2.28. The molecule has 0 aromatic heterocycles. The molecule has 0 fully saturated rings. The van der Waals surface area contributed by atoms with Crippen LogP contribution in [0, 0.1) is 5.82 Å². The molecular formula is C17H18BrClFN. The van der Waals surface area contributed by atoms with E-state index < -0.39 is 0 Å². The Hall–Kier alpha value is -0.900. The average molecular weight is 371 g/mol. The Morgan fingerprint density at radius 2 is 2.00 bits per heavy atom. The highest BCUT2D eigenvalue weighted by atomic mass is 79.9. The lowest BCUT2D eigenvalue weighted by Gasteiger charge is -2.21. The van der Waals surface area contributed by atoms with Crippen molar-refractivity contribution in [2.45, 2.75) is 25.8 Å². The van der Waals surface area contributed by atoms with Gasteiger partial charge in [0, 0.05) is 15.5 Å². The fourth-order valence-electron chi connectivity index (χ4n) is 2.29. The zero-order valence-electron chi connectivity index (χ0n) is 11.9. The standard InChI is InChI=1S/C17H18BrClFN/c1-2-9-21-17(14-5-3-4-6-16(14)19)11-12-10-13(20)7-8-15(12)18/h3-8,10,17,21H,2,9,11H2,1H3. The number of halogens is 3. The van der Waals surface area contributed by atoms with Gasteiger partial charge in [0.25, 0.3) is 0 Å². The number of rotatable bonds is 6. The smallest absolute Gasteiger partial charge is 0.123 e. The van der Waals surface area contributed by atoms with E-state index in [-0.39, 0.29) is 11.9 Å². The van der Waals surface area contributed by atoms with Gasteiger partial charge in [-0.15, -0.1) is 0 Å². The van der Waals surface area contributed by atoms with Crippen molar-refractivity contribution in [2.75, 3.05) is 6.54 Å². The monoisotopic (exact) mass is 369 g/mol. The molecule has 21 heavy (non-hydrogen) atoms. The predicted octanol–water partition coefficient (Wildman–Crippen LogP) is 5.53. The zero-order valence-corrected chi connectivity index (χ0v) is 14.2. The summed E-state index contributed by atoms with van der Waals surface area (Å²) in [6.45, 7) is 3.01. The van der Waals surface area contributed by atoms with Gasteiger partial charge in [0.1, 0.15) is 5.82 Å². The van der Waals surface area contributed by atoms with Crippen LogP contribution in [-0.4, -0.2) is 6.54 Å². The molecule has 0 aliphatic rings. The maximum Gasteiger partial charge on any atom is 0.123 e. The summed E-state index contributed by atoms with van der Waals surface area (Å²) in [5, 5.41) is 4.23. The molecule has 2 aromatic rings. The van der Waals surface area contributed by atoms with Gasteiger partial charge in [-0.25, -0.2) is 4.39 Å². The Morgan fingerprint density at radius 1 is 1.24 bits per heavy atom. The van der Waals surface area contributed by atoms with E-state index in [0.717, 1.165) is 33.6 Å². The molecule has 0 saturated heterocycles. The molecule has 1 N–H and O–H groups in total. The first kappa shape index (κ1) is 16.5. The molecule has 1 atom stereocenters. The minimum atomic E-state index is -0.221. The molecule has 1 nitrogen and oxygen atoms in total. The van der Waals surface area contributed by atoms with Crippen molar-refractivity contribution >= 4 is 27.5 Å². The molecule has 0 heterocycles. The molecule has 0 amide bonds. The first-order valence-electron chi connectivity index (χ1n) is 7.03. The summed E-state index contributed by atoms with van der Waals surface area (Å²) in [7, 11) is 0. The summed E-state index contributed by atoms with van der Waals surface area (Å²) in [6, 6.07) is 12.6. The summed E-state index contributed by atoms with van der Waals surface area (Å²) < 4.78 is 14.4. The molecule has 112 valence electrons. The molecule has 0 aliphatic carbocycles. The zero-order chi connectivity index (χ0) is 15.2. The average Bonchev–Trinajstić information content (AvgIpc) is 2.48.